The summed E-state index contributed by atoms with van der Waals surface area (Å²) in [5.74, 6) is -0.492. The van der Waals surface area contributed by atoms with Crippen molar-refractivity contribution in [1.82, 2.24) is 15.2 Å². The fraction of sp³-hybridized carbons (Fsp3) is 0. The number of H-pyrrole nitrogens is 1. The number of amides is 1. The Hall–Kier alpha value is -3.02. The Kier molecular flexibility index (Phi) is 2.76. The second kappa shape index (κ2) is 4.58. The molecule has 1 amide bonds. The number of aromatic nitrogens is 3. The summed E-state index contributed by atoms with van der Waals surface area (Å²) in [5.41, 5.74) is 7.14. The van der Waals surface area contributed by atoms with Crippen molar-refractivity contribution in [1.29, 1.82) is 0 Å². The topological polar surface area (TPSA) is 102 Å². The molecule has 0 unspecified atom stereocenters. The lowest BCUT2D eigenvalue weighted by atomic mass is 10.1. The number of benzene rings is 1. The molecule has 0 radical (unpaired) electrons. The van der Waals surface area contributed by atoms with E-state index in [1.807, 2.05) is 0 Å². The first-order chi connectivity index (χ1) is 9.66. The summed E-state index contributed by atoms with van der Waals surface area (Å²) in [7, 11) is 0. The molecule has 3 rings (SSSR count). The van der Waals surface area contributed by atoms with E-state index in [0.29, 0.717) is 22.2 Å². The molecule has 0 aliphatic rings. The highest BCUT2D eigenvalue weighted by Gasteiger charge is 2.10. The zero-order valence-electron chi connectivity index (χ0n) is 10.3. The van der Waals surface area contributed by atoms with Crippen molar-refractivity contribution in [2.45, 2.75) is 0 Å². The van der Waals surface area contributed by atoms with E-state index in [4.69, 9.17) is 5.73 Å². The molecule has 6 nitrogen and oxygen atoms in total. The highest BCUT2D eigenvalue weighted by molar-refractivity contribution is 5.94. The molecule has 2 aromatic heterocycles. The van der Waals surface area contributed by atoms with E-state index in [2.05, 4.69) is 15.2 Å². The van der Waals surface area contributed by atoms with Crippen LogP contribution < -0.4 is 11.3 Å². The lowest BCUT2D eigenvalue weighted by Gasteiger charge is -2.04. The van der Waals surface area contributed by atoms with Crippen LogP contribution in [0.2, 0.25) is 0 Å². The molecule has 3 N–H and O–H groups in total. The third-order valence-electron chi connectivity index (χ3n) is 2.99. The van der Waals surface area contributed by atoms with E-state index in [0.717, 1.165) is 5.56 Å². The van der Waals surface area contributed by atoms with Crippen molar-refractivity contribution in [3.05, 3.63) is 58.5 Å². The second-order valence-electron chi connectivity index (χ2n) is 4.24. The van der Waals surface area contributed by atoms with Gasteiger partial charge in [0, 0.05) is 17.3 Å². The first kappa shape index (κ1) is 12.0. The maximum absolute atomic E-state index is 11.7. The molecule has 2 heterocycles. The van der Waals surface area contributed by atoms with Gasteiger partial charge in [0.1, 0.15) is 11.2 Å². The molecule has 0 bridgehead atoms. The third kappa shape index (κ3) is 1.93. The van der Waals surface area contributed by atoms with Crippen molar-refractivity contribution in [2.24, 2.45) is 5.73 Å². The SMILES string of the molecule is NC(=O)c1ccc(-c2n[nH]c(=O)c3cccnc23)cc1. The van der Waals surface area contributed by atoms with Crippen molar-refractivity contribution < 1.29 is 4.79 Å². The van der Waals surface area contributed by atoms with Gasteiger partial charge in [0.15, 0.2) is 0 Å². The average molecular weight is 266 g/mol. The van der Waals surface area contributed by atoms with Gasteiger partial charge in [-0.3, -0.25) is 14.6 Å². The molecule has 0 spiro atoms. The summed E-state index contributed by atoms with van der Waals surface area (Å²) < 4.78 is 0. The molecule has 20 heavy (non-hydrogen) atoms. The monoisotopic (exact) mass is 266 g/mol. The first-order valence-electron chi connectivity index (χ1n) is 5.90. The fourth-order valence-corrected chi connectivity index (χ4v) is 1.99. The highest BCUT2D eigenvalue weighted by Crippen LogP contribution is 2.22. The van der Waals surface area contributed by atoms with Gasteiger partial charge in [-0.15, -0.1) is 0 Å². The van der Waals surface area contributed by atoms with Gasteiger partial charge >= 0.3 is 0 Å². The van der Waals surface area contributed by atoms with Crippen molar-refractivity contribution >= 4 is 16.8 Å². The standard InChI is InChI=1S/C14H10N4O2/c15-13(19)9-5-3-8(4-6-9)11-12-10(2-1-7-16-12)14(20)18-17-11/h1-7H,(H2,15,19)(H,18,20). The Morgan fingerprint density at radius 2 is 1.90 bits per heavy atom. The Balaban J connectivity index is 2.22. The summed E-state index contributed by atoms with van der Waals surface area (Å²) in [6, 6.07) is 10.0. The maximum Gasteiger partial charge on any atom is 0.273 e. The molecule has 0 saturated heterocycles. The van der Waals surface area contributed by atoms with E-state index in [9.17, 15) is 9.59 Å². The van der Waals surface area contributed by atoms with E-state index < -0.39 is 5.91 Å². The Morgan fingerprint density at radius 3 is 2.60 bits per heavy atom. The van der Waals surface area contributed by atoms with Crippen LogP contribution in [0, 0.1) is 0 Å². The van der Waals surface area contributed by atoms with Crippen molar-refractivity contribution in [3.8, 4) is 11.3 Å². The van der Waals surface area contributed by atoms with Gasteiger partial charge in [-0.25, -0.2) is 5.10 Å². The predicted octanol–water partition coefficient (Wildman–Crippen LogP) is 1.08. The van der Waals surface area contributed by atoms with Gasteiger partial charge in [0.2, 0.25) is 5.91 Å². The largest absolute Gasteiger partial charge is 0.366 e. The van der Waals surface area contributed by atoms with Gasteiger partial charge in [-0.2, -0.15) is 5.10 Å². The lowest BCUT2D eigenvalue weighted by Crippen LogP contribution is -2.11. The molecule has 98 valence electrons. The molecule has 0 aliphatic heterocycles. The van der Waals surface area contributed by atoms with Crippen molar-refractivity contribution in [3.63, 3.8) is 0 Å². The van der Waals surface area contributed by atoms with Crippen LogP contribution in [0.3, 0.4) is 0 Å². The second-order valence-corrected chi connectivity index (χ2v) is 4.24. The Morgan fingerprint density at radius 1 is 1.15 bits per heavy atom. The number of carbonyl (C=O) groups excluding carboxylic acids is 1. The van der Waals surface area contributed by atoms with Crippen LogP contribution in [-0.2, 0) is 0 Å². The van der Waals surface area contributed by atoms with E-state index in [-0.39, 0.29) is 5.56 Å². The van der Waals surface area contributed by atoms with Crippen LogP contribution in [0.15, 0.2) is 47.4 Å². The van der Waals surface area contributed by atoms with Gasteiger partial charge in [0.05, 0.1) is 5.39 Å². The number of nitrogens with zero attached hydrogens (tertiary/aromatic N) is 2. The van der Waals surface area contributed by atoms with Crippen molar-refractivity contribution in [2.75, 3.05) is 0 Å². The summed E-state index contributed by atoms with van der Waals surface area (Å²) in [5, 5.41) is 6.95. The quantitative estimate of drug-likeness (QED) is 0.724. The number of primary amides is 1. The molecule has 0 saturated carbocycles. The smallest absolute Gasteiger partial charge is 0.273 e. The third-order valence-corrected chi connectivity index (χ3v) is 2.99. The van der Waals surface area contributed by atoms with Gasteiger partial charge in [-0.05, 0) is 24.3 Å². The van der Waals surface area contributed by atoms with Crippen LogP contribution in [0.5, 0.6) is 0 Å². The number of rotatable bonds is 2. The molecule has 0 aliphatic carbocycles. The zero-order chi connectivity index (χ0) is 14.1. The fourth-order valence-electron chi connectivity index (χ4n) is 1.99. The van der Waals surface area contributed by atoms with E-state index in [1.165, 1.54) is 0 Å². The molecule has 0 fully saturated rings. The number of carbonyl (C=O) groups is 1. The minimum absolute atomic E-state index is 0.286. The normalized spacial score (nSPS) is 10.6. The Labute approximate surface area is 113 Å². The number of hydrogen-bond donors (Lipinski definition) is 2. The maximum atomic E-state index is 11.7. The van der Waals surface area contributed by atoms with Gasteiger partial charge in [-0.1, -0.05) is 12.1 Å². The predicted molar refractivity (Wildman–Crippen MR) is 74.1 cm³/mol. The molecule has 6 heteroatoms. The Bertz CT molecular complexity index is 853. The van der Waals surface area contributed by atoms with Gasteiger partial charge < -0.3 is 5.73 Å². The van der Waals surface area contributed by atoms with Crippen LogP contribution in [0.25, 0.3) is 22.2 Å². The van der Waals surface area contributed by atoms with Crippen LogP contribution >= 0.6 is 0 Å². The number of fused-ring (bicyclic) bond motifs is 1. The molecule has 1 aromatic carbocycles. The minimum atomic E-state index is -0.492. The summed E-state index contributed by atoms with van der Waals surface area (Å²) in [6.07, 6.45) is 1.60. The summed E-state index contributed by atoms with van der Waals surface area (Å²) in [6.45, 7) is 0. The molecular formula is C14H10N4O2. The van der Waals surface area contributed by atoms with Crippen LogP contribution in [0.4, 0.5) is 0 Å². The molecule has 0 atom stereocenters. The van der Waals surface area contributed by atoms with Crippen LogP contribution in [0.1, 0.15) is 10.4 Å². The number of nitrogens with two attached hydrogens (primary N) is 1. The highest BCUT2D eigenvalue weighted by atomic mass is 16.1. The summed E-state index contributed by atoms with van der Waals surface area (Å²) in [4.78, 5) is 26.9. The lowest BCUT2D eigenvalue weighted by molar-refractivity contribution is 0.100. The number of hydrogen-bond acceptors (Lipinski definition) is 4. The van der Waals surface area contributed by atoms with Gasteiger partial charge in [0.25, 0.3) is 5.56 Å². The van der Waals surface area contributed by atoms with E-state index in [1.54, 1.807) is 42.6 Å². The first-order valence-corrected chi connectivity index (χ1v) is 5.90. The van der Waals surface area contributed by atoms with Crippen LogP contribution in [-0.4, -0.2) is 21.1 Å². The number of pyridine rings is 1. The number of nitrogens with one attached hydrogen (secondary N) is 1. The molecular weight excluding hydrogens is 256 g/mol. The molecule has 3 aromatic rings. The average Bonchev–Trinajstić information content (AvgIpc) is 2.48. The number of aromatic amines is 1. The van der Waals surface area contributed by atoms with E-state index >= 15 is 0 Å². The summed E-state index contributed by atoms with van der Waals surface area (Å²) >= 11 is 0. The minimum Gasteiger partial charge on any atom is -0.366 e. The zero-order valence-corrected chi connectivity index (χ0v) is 10.3.